The number of amides is 2. The van der Waals surface area contributed by atoms with E-state index >= 15 is 0 Å². The maximum atomic E-state index is 13.2. The summed E-state index contributed by atoms with van der Waals surface area (Å²) >= 11 is 0. The van der Waals surface area contributed by atoms with Crippen molar-refractivity contribution in [3.63, 3.8) is 0 Å². The normalized spacial score (nSPS) is 24.0. The molecule has 8 heteroatoms. The van der Waals surface area contributed by atoms with Crippen LogP contribution in [0.15, 0.2) is 24.3 Å². The Morgan fingerprint density at radius 2 is 1.75 bits per heavy atom. The predicted molar refractivity (Wildman–Crippen MR) is 78.3 cm³/mol. The second kappa shape index (κ2) is 5.68. The molecule has 1 aromatic rings. The van der Waals surface area contributed by atoms with Crippen molar-refractivity contribution >= 4 is 12.0 Å². The van der Waals surface area contributed by atoms with Crippen LogP contribution >= 0.6 is 0 Å². The molecule has 1 N–H and O–H groups in total. The SMILES string of the molecule is O=C(N1CCc2ccccc2C1)N1CCC(C(=O)O)(C(F)(F)F)C1. The standard InChI is InChI=1S/C16H17F3N2O3/c17-16(18,19)15(13(22)23)6-8-21(10-15)14(24)20-7-5-11-3-1-2-4-12(11)9-20/h1-4H,5-10H2,(H,22,23). The number of carboxylic acid groups (broad SMARTS) is 1. The smallest absolute Gasteiger partial charge is 0.406 e. The summed E-state index contributed by atoms with van der Waals surface area (Å²) in [6.45, 7) is -0.290. The first-order chi connectivity index (χ1) is 11.2. The lowest BCUT2D eigenvalue weighted by Crippen LogP contribution is -2.50. The molecule has 0 aromatic heterocycles. The van der Waals surface area contributed by atoms with E-state index in [4.69, 9.17) is 5.11 Å². The zero-order chi connectivity index (χ0) is 17.5. The van der Waals surface area contributed by atoms with Gasteiger partial charge in [0.05, 0.1) is 0 Å². The number of aliphatic carboxylic acids is 1. The van der Waals surface area contributed by atoms with Gasteiger partial charge in [-0.2, -0.15) is 13.2 Å². The molecule has 130 valence electrons. The van der Waals surface area contributed by atoms with E-state index in [-0.39, 0.29) is 6.54 Å². The van der Waals surface area contributed by atoms with E-state index in [1.54, 1.807) is 0 Å². The molecule has 5 nitrogen and oxygen atoms in total. The zero-order valence-electron chi connectivity index (χ0n) is 12.8. The van der Waals surface area contributed by atoms with Crippen LogP contribution in [-0.2, 0) is 17.8 Å². The molecule has 2 aliphatic rings. The van der Waals surface area contributed by atoms with Crippen molar-refractivity contribution in [1.29, 1.82) is 0 Å². The molecule has 3 rings (SSSR count). The molecule has 0 radical (unpaired) electrons. The fraction of sp³-hybridized carbons (Fsp3) is 0.500. The molecule has 24 heavy (non-hydrogen) atoms. The summed E-state index contributed by atoms with van der Waals surface area (Å²) in [5.41, 5.74) is -0.772. The Morgan fingerprint density at radius 1 is 1.08 bits per heavy atom. The highest BCUT2D eigenvalue weighted by Gasteiger charge is 2.64. The van der Waals surface area contributed by atoms with Crippen molar-refractivity contribution in [3.05, 3.63) is 35.4 Å². The summed E-state index contributed by atoms with van der Waals surface area (Å²) in [5.74, 6) is -1.92. The third-order valence-electron chi connectivity index (χ3n) is 4.89. The van der Waals surface area contributed by atoms with Gasteiger partial charge < -0.3 is 14.9 Å². The van der Waals surface area contributed by atoms with Crippen molar-refractivity contribution < 1.29 is 27.9 Å². The number of halogens is 3. The second-order valence-electron chi connectivity index (χ2n) is 6.28. The molecule has 2 amide bonds. The number of fused-ring (bicyclic) bond motifs is 1. The number of carbonyl (C=O) groups is 2. The van der Waals surface area contributed by atoms with E-state index in [1.165, 1.54) is 4.90 Å². The van der Waals surface area contributed by atoms with Crippen LogP contribution < -0.4 is 0 Å². The second-order valence-corrected chi connectivity index (χ2v) is 6.28. The van der Waals surface area contributed by atoms with E-state index in [9.17, 15) is 22.8 Å². The van der Waals surface area contributed by atoms with E-state index in [0.29, 0.717) is 19.5 Å². The van der Waals surface area contributed by atoms with Gasteiger partial charge in [-0.25, -0.2) is 4.79 Å². The summed E-state index contributed by atoms with van der Waals surface area (Å²) in [6.07, 6.45) is -4.86. The van der Waals surface area contributed by atoms with Gasteiger partial charge in [0.15, 0.2) is 5.41 Å². The van der Waals surface area contributed by atoms with Gasteiger partial charge in [-0.05, 0) is 24.0 Å². The fourth-order valence-corrected chi connectivity index (χ4v) is 3.36. The summed E-state index contributed by atoms with van der Waals surface area (Å²) in [7, 11) is 0. The first-order valence-electron chi connectivity index (χ1n) is 7.65. The van der Waals surface area contributed by atoms with Crippen LogP contribution in [0.1, 0.15) is 17.5 Å². The highest BCUT2D eigenvalue weighted by Crippen LogP contribution is 2.46. The lowest BCUT2D eigenvalue weighted by atomic mass is 9.86. The average Bonchev–Trinajstić information content (AvgIpc) is 3.00. The number of rotatable bonds is 1. The predicted octanol–water partition coefficient (Wildman–Crippen LogP) is 2.50. The minimum absolute atomic E-state index is 0.206. The first kappa shape index (κ1) is 16.6. The molecule has 1 fully saturated rings. The summed E-state index contributed by atoms with van der Waals surface area (Å²) in [5, 5.41) is 9.07. The molecular weight excluding hydrogens is 325 g/mol. The van der Waals surface area contributed by atoms with Crippen LogP contribution in [0.4, 0.5) is 18.0 Å². The number of benzene rings is 1. The monoisotopic (exact) mass is 342 g/mol. The van der Waals surface area contributed by atoms with Gasteiger partial charge in [-0.1, -0.05) is 24.3 Å². The van der Waals surface area contributed by atoms with Crippen LogP contribution in [0.5, 0.6) is 0 Å². The van der Waals surface area contributed by atoms with Crippen LogP contribution in [0, 0.1) is 5.41 Å². The van der Waals surface area contributed by atoms with Crippen molar-refractivity contribution in [1.82, 2.24) is 9.80 Å². The molecule has 0 spiro atoms. The summed E-state index contributed by atoms with van der Waals surface area (Å²) in [6, 6.07) is 7.07. The summed E-state index contributed by atoms with van der Waals surface area (Å²) in [4.78, 5) is 26.2. The van der Waals surface area contributed by atoms with Gasteiger partial charge in [0.2, 0.25) is 0 Å². The third kappa shape index (κ3) is 2.59. The Labute approximate surface area is 136 Å². The maximum Gasteiger partial charge on any atom is 0.406 e. The number of urea groups is 1. The Hall–Kier alpha value is -2.25. The fourth-order valence-electron chi connectivity index (χ4n) is 3.36. The highest BCUT2D eigenvalue weighted by molar-refractivity contribution is 5.80. The van der Waals surface area contributed by atoms with Crippen molar-refractivity contribution in [2.24, 2.45) is 5.41 Å². The van der Waals surface area contributed by atoms with Gasteiger partial charge in [0.1, 0.15) is 0 Å². The molecule has 1 unspecified atom stereocenters. The molecule has 1 saturated heterocycles. The lowest BCUT2D eigenvalue weighted by molar-refractivity contribution is -0.227. The first-order valence-corrected chi connectivity index (χ1v) is 7.65. The molecule has 0 aliphatic carbocycles. The minimum atomic E-state index is -4.89. The van der Waals surface area contributed by atoms with Crippen LogP contribution in [-0.4, -0.2) is 52.7 Å². The Morgan fingerprint density at radius 3 is 2.33 bits per heavy atom. The topological polar surface area (TPSA) is 60.9 Å². The van der Waals surface area contributed by atoms with Crippen LogP contribution in [0.3, 0.4) is 0 Å². The minimum Gasteiger partial charge on any atom is -0.481 e. The van der Waals surface area contributed by atoms with Crippen molar-refractivity contribution in [3.8, 4) is 0 Å². The number of hydrogen-bond acceptors (Lipinski definition) is 2. The highest BCUT2D eigenvalue weighted by atomic mass is 19.4. The number of alkyl halides is 3. The summed E-state index contributed by atoms with van der Waals surface area (Å²) < 4.78 is 39.6. The Bertz CT molecular complexity index is 677. The number of nitrogens with zero attached hydrogens (tertiary/aromatic N) is 2. The lowest BCUT2D eigenvalue weighted by Gasteiger charge is -2.33. The number of carboxylic acids is 1. The van der Waals surface area contributed by atoms with Crippen molar-refractivity contribution in [2.45, 2.75) is 25.6 Å². The van der Waals surface area contributed by atoms with Crippen LogP contribution in [0.2, 0.25) is 0 Å². The van der Waals surface area contributed by atoms with Gasteiger partial charge >= 0.3 is 18.2 Å². The Kier molecular flexibility index (Phi) is 3.93. The number of likely N-dealkylation sites (tertiary alicyclic amines) is 1. The molecule has 2 aliphatic heterocycles. The molecule has 0 bridgehead atoms. The van der Waals surface area contributed by atoms with E-state index in [0.717, 1.165) is 16.0 Å². The van der Waals surface area contributed by atoms with E-state index < -0.39 is 36.6 Å². The molecule has 0 saturated carbocycles. The van der Waals surface area contributed by atoms with Gasteiger partial charge in [-0.3, -0.25) is 4.79 Å². The largest absolute Gasteiger partial charge is 0.481 e. The van der Waals surface area contributed by atoms with Gasteiger partial charge in [0, 0.05) is 26.2 Å². The molecule has 2 heterocycles. The van der Waals surface area contributed by atoms with E-state index in [2.05, 4.69) is 0 Å². The average molecular weight is 342 g/mol. The molecule has 1 atom stereocenters. The number of carbonyl (C=O) groups excluding carboxylic acids is 1. The third-order valence-corrected chi connectivity index (χ3v) is 4.89. The van der Waals surface area contributed by atoms with Gasteiger partial charge in [0.25, 0.3) is 0 Å². The van der Waals surface area contributed by atoms with E-state index in [1.807, 2.05) is 24.3 Å². The Balaban J connectivity index is 1.75. The van der Waals surface area contributed by atoms with Crippen molar-refractivity contribution in [2.75, 3.05) is 19.6 Å². The molecular formula is C16H17F3N2O3. The van der Waals surface area contributed by atoms with Crippen LogP contribution in [0.25, 0.3) is 0 Å². The zero-order valence-corrected chi connectivity index (χ0v) is 12.8. The van der Waals surface area contributed by atoms with Gasteiger partial charge in [-0.15, -0.1) is 0 Å². The molecule has 1 aromatic carbocycles. The quantitative estimate of drug-likeness (QED) is 0.853. The number of hydrogen-bond donors (Lipinski definition) is 1. The maximum absolute atomic E-state index is 13.2.